The number of benzene rings is 1. The number of carbonyl (C=O) groups excluding carboxylic acids is 2. The first-order valence-corrected chi connectivity index (χ1v) is 7.76. The van der Waals surface area contributed by atoms with Crippen molar-refractivity contribution in [1.29, 1.82) is 0 Å². The Morgan fingerprint density at radius 2 is 2.04 bits per heavy atom. The molecule has 2 atom stereocenters. The standard InChI is InChI=1S/C14H15FN4O4S/c1-7(22-10-6-4-3-5-9(10)15)12-18-19-14(23-12)24-8(2)11(20)17-13(16)21/h3-8H,1-2H3,(H3,16,17,20,21)/t7-,8-/m1/s1. The summed E-state index contributed by atoms with van der Waals surface area (Å²) in [4.78, 5) is 22.2. The second-order valence-corrected chi connectivity index (χ2v) is 6.00. The van der Waals surface area contributed by atoms with Gasteiger partial charge in [-0.25, -0.2) is 9.18 Å². The molecule has 0 aliphatic carbocycles. The summed E-state index contributed by atoms with van der Waals surface area (Å²) >= 11 is 0.952. The summed E-state index contributed by atoms with van der Waals surface area (Å²) < 4.78 is 24.4. The van der Waals surface area contributed by atoms with E-state index in [9.17, 15) is 14.0 Å². The number of nitrogens with zero attached hydrogens (tertiary/aromatic N) is 2. The van der Waals surface area contributed by atoms with Crippen LogP contribution in [-0.4, -0.2) is 27.4 Å². The first-order chi connectivity index (χ1) is 11.4. The van der Waals surface area contributed by atoms with E-state index in [-0.39, 0.29) is 16.9 Å². The number of thioether (sulfide) groups is 1. The van der Waals surface area contributed by atoms with E-state index in [1.807, 2.05) is 5.32 Å². The van der Waals surface area contributed by atoms with E-state index in [1.165, 1.54) is 12.1 Å². The number of nitrogens with one attached hydrogen (secondary N) is 1. The third kappa shape index (κ3) is 4.69. The number of rotatable bonds is 6. The van der Waals surface area contributed by atoms with Gasteiger partial charge in [-0.1, -0.05) is 23.9 Å². The number of para-hydroxylation sites is 1. The van der Waals surface area contributed by atoms with Crippen LogP contribution in [0.15, 0.2) is 33.9 Å². The van der Waals surface area contributed by atoms with Gasteiger partial charge in [-0.15, -0.1) is 10.2 Å². The summed E-state index contributed by atoms with van der Waals surface area (Å²) in [6.45, 7) is 3.17. The Morgan fingerprint density at radius 3 is 2.71 bits per heavy atom. The van der Waals surface area contributed by atoms with E-state index < -0.39 is 29.1 Å². The number of nitrogens with two attached hydrogens (primary N) is 1. The first-order valence-electron chi connectivity index (χ1n) is 6.88. The molecule has 0 radical (unpaired) electrons. The average molecular weight is 354 g/mol. The fourth-order valence-electron chi connectivity index (χ4n) is 1.64. The number of amides is 3. The van der Waals surface area contributed by atoms with E-state index in [4.69, 9.17) is 14.9 Å². The van der Waals surface area contributed by atoms with Gasteiger partial charge in [-0.05, 0) is 26.0 Å². The maximum atomic E-state index is 13.6. The highest BCUT2D eigenvalue weighted by atomic mass is 32.2. The van der Waals surface area contributed by atoms with E-state index in [0.29, 0.717) is 0 Å². The van der Waals surface area contributed by atoms with Crippen molar-refractivity contribution >= 4 is 23.7 Å². The van der Waals surface area contributed by atoms with E-state index in [1.54, 1.807) is 26.0 Å². The number of hydrogen-bond donors (Lipinski definition) is 2. The Kier molecular flexibility index (Phi) is 5.74. The van der Waals surface area contributed by atoms with Crippen molar-refractivity contribution in [2.24, 2.45) is 5.73 Å². The zero-order valence-corrected chi connectivity index (χ0v) is 13.7. The molecule has 0 unspecified atom stereocenters. The topological polar surface area (TPSA) is 120 Å². The summed E-state index contributed by atoms with van der Waals surface area (Å²) in [6, 6.07) is 5.00. The number of ether oxygens (including phenoxy) is 1. The molecule has 0 saturated heterocycles. The molecule has 1 aromatic carbocycles. The molecule has 2 rings (SSSR count). The van der Waals surface area contributed by atoms with Gasteiger partial charge in [0.05, 0.1) is 5.25 Å². The second-order valence-electron chi connectivity index (χ2n) is 4.71. The van der Waals surface area contributed by atoms with Crippen LogP contribution in [0, 0.1) is 5.82 Å². The number of hydrogen-bond acceptors (Lipinski definition) is 7. The first kappa shape index (κ1) is 17.7. The zero-order chi connectivity index (χ0) is 17.7. The van der Waals surface area contributed by atoms with Crippen LogP contribution >= 0.6 is 11.8 Å². The van der Waals surface area contributed by atoms with E-state index in [2.05, 4.69) is 10.2 Å². The number of halogens is 1. The lowest BCUT2D eigenvalue weighted by atomic mass is 10.3. The minimum atomic E-state index is -0.939. The average Bonchev–Trinajstić information content (AvgIpc) is 2.97. The van der Waals surface area contributed by atoms with Crippen molar-refractivity contribution in [2.45, 2.75) is 30.4 Å². The highest BCUT2D eigenvalue weighted by molar-refractivity contribution is 8.00. The Labute approximate surface area is 140 Å². The van der Waals surface area contributed by atoms with Crippen molar-refractivity contribution in [1.82, 2.24) is 15.5 Å². The van der Waals surface area contributed by atoms with Crippen LogP contribution in [0.4, 0.5) is 9.18 Å². The Balaban J connectivity index is 1.98. The van der Waals surface area contributed by atoms with Crippen molar-refractivity contribution in [2.75, 3.05) is 0 Å². The fourth-order valence-corrected chi connectivity index (χ4v) is 2.33. The van der Waals surface area contributed by atoms with Gasteiger partial charge in [0.15, 0.2) is 17.7 Å². The molecule has 128 valence electrons. The van der Waals surface area contributed by atoms with E-state index in [0.717, 1.165) is 11.8 Å². The SMILES string of the molecule is C[C@@H](Sc1nnc([C@@H](C)Oc2ccccc2F)o1)C(=O)NC(N)=O. The minimum Gasteiger partial charge on any atom is -0.478 e. The number of imide groups is 1. The number of primary amides is 1. The molecule has 0 fully saturated rings. The van der Waals surface area contributed by atoms with Crippen LogP contribution in [0.2, 0.25) is 0 Å². The zero-order valence-electron chi connectivity index (χ0n) is 12.9. The Hall–Kier alpha value is -2.62. The molecule has 0 bridgehead atoms. The summed E-state index contributed by atoms with van der Waals surface area (Å²) in [5, 5.41) is 8.98. The predicted octanol–water partition coefficient (Wildman–Crippen LogP) is 2.02. The molecule has 0 aliphatic rings. The molecule has 2 aromatic rings. The van der Waals surface area contributed by atoms with Crippen LogP contribution in [0.3, 0.4) is 0 Å². The van der Waals surface area contributed by atoms with Crippen molar-refractivity contribution in [3.05, 3.63) is 36.0 Å². The number of urea groups is 1. The summed E-state index contributed by atoms with van der Waals surface area (Å²) in [5.41, 5.74) is 4.88. The summed E-state index contributed by atoms with van der Waals surface area (Å²) in [5.74, 6) is -0.895. The van der Waals surface area contributed by atoms with Gasteiger partial charge in [0.25, 0.3) is 11.1 Å². The molecule has 3 N–H and O–H groups in total. The molecule has 8 nitrogen and oxygen atoms in total. The van der Waals surface area contributed by atoms with Gasteiger partial charge in [-0.2, -0.15) is 0 Å². The van der Waals surface area contributed by atoms with Crippen molar-refractivity contribution < 1.29 is 23.1 Å². The molecule has 3 amide bonds. The molecular formula is C14H15FN4O4S. The van der Waals surface area contributed by atoms with Gasteiger partial charge in [0.2, 0.25) is 5.91 Å². The third-order valence-electron chi connectivity index (χ3n) is 2.80. The van der Waals surface area contributed by atoms with Crippen LogP contribution in [0.25, 0.3) is 0 Å². The molecule has 0 spiro atoms. The number of aromatic nitrogens is 2. The molecule has 10 heteroatoms. The largest absolute Gasteiger partial charge is 0.478 e. The lowest BCUT2D eigenvalue weighted by Gasteiger charge is -2.11. The van der Waals surface area contributed by atoms with Gasteiger partial charge < -0.3 is 14.9 Å². The van der Waals surface area contributed by atoms with Crippen LogP contribution in [-0.2, 0) is 4.79 Å². The molecule has 24 heavy (non-hydrogen) atoms. The van der Waals surface area contributed by atoms with Crippen LogP contribution in [0.1, 0.15) is 25.8 Å². The number of carbonyl (C=O) groups is 2. The lowest BCUT2D eigenvalue weighted by Crippen LogP contribution is -2.39. The van der Waals surface area contributed by atoms with Gasteiger partial charge in [0.1, 0.15) is 0 Å². The molecular weight excluding hydrogens is 339 g/mol. The minimum absolute atomic E-state index is 0.0617. The summed E-state index contributed by atoms with van der Waals surface area (Å²) in [7, 11) is 0. The van der Waals surface area contributed by atoms with Gasteiger partial charge >= 0.3 is 6.03 Å². The Bertz CT molecular complexity index is 739. The van der Waals surface area contributed by atoms with E-state index >= 15 is 0 Å². The highest BCUT2D eigenvalue weighted by Crippen LogP contribution is 2.27. The van der Waals surface area contributed by atoms with Crippen molar-refractivity contribution in [3.8, 4) is 5.75 Å². The predicted molar refractivity (Wildman–Crippen MR) is 82.8 cm³/mol. The smallest absolute Gasteiger partial charge is 0.318 e. The van der Waals surface area contributed by atoms with Crippen LogP contribution in [0.5, 0.6) is 5.75 Å². The van der Waals surface area contributed by atoms with Crippen molar-refractivity contribution in [3.63, 3.8) is 0 Å². The normalized spacial score (nSPS) is 13.1. The fraction of sp³-hybridized carbons (Fsp3) is 0.286. The third-order valence-corrected chi connectivity index (χ3v) is 3.74. The summed E-state index contributed by atoms with van der Waals surface area (Å²) in [6.07, 6.45) is -0.682. The maximum absolute atomic E-state index is 13.6. The molecule has 1 heterocycles. The molecule has 0 saturated carbocycles. The molecule has 1 aromatic heterocycles. The van der Waals surface area contributed by atoms with Crippen LogP contribution < -0.4 is 15.8 Å². The quantitative estimate of drug-likeness (QED) is 0.761. The lowest BCUT2D eigenvalue weighted by molar-refractivity contribution is -0.119. The van der Waals surface area contributed by atoms with Gasteiger partial charge in [0, 0.05) is 0 Å². The molecule has 0 aliphatic heterocycles. The Morgan fingerprint density at radius 1 is 1.33 bits per heavy atom. The second kappa shape index (κ2) is 7.77. The van der Waals surface area contributed by atoms with Gasteiger partial charge in [-0.3, -0.25) is 10.1 Å². The highest BCUT2D eigenvalue weighted by Gasteiger charge is 2.22. The monoisotopic (exact) mass is 354 g/mol. The maximum Gasteiger partial charge on any atom is 0.318 e.